The molecule has 7 rings (SSSR count). The fourth-order valence-corrected chi connectivity index (χ4v) is 6.84. The molecule has 0 aliphatic carbocycles. The van der Waals surface area contributed by atoms with Crippen molar-refractivity contribution in [2.24, 2.45) is 0 Å². The van der Waals surface area contributed by atoms with E-state index >= 15 is 0 Å². The molecular formula is C46H39N3. The molecule has 0 aliphatic heterocycles. The standard InChI is InChI=1S/C46H39N3/c1-45(2,3)35-19-21-42-40(24-35)41-25-36(46(4,5)6)20-22-43(41)49(42)44-27-38(30-13-9-7-10-14-30)37(26-39(44)31-15-11-8-12-16-31)32-17-18-33(28-47)34(23-32)29-48/h7-27H,1-6H3. The Bertz CT molecular complexity index is 2380. The minimum atomic E-state index is 0.00491. The zero-order valence-corrected chi connectivity index (χ0v) is 29.0. The van der Waals surface area contributed by atoms with Gasteiger partial charge in [-0.15, -0.1) is 0 Å². The maximum Gasteiger partial charge on any atom is 0.101 e. The average Bonchev–Trinajstić information content (AvgIpc) is 3.44. The van der Waals surface area contributed by atoms with E-state index in [1.165, 1.54) is 21.9 Å². The summed E-state index contributed by atoms with van der Waals surface area (Å²) in [6.07, 6.45) is 0. The van der Waals surface area contributed by atoms with Crippen LogP contribution in [0.15, 0.2) is 127 Å². The molecule has 0 amide bonds. The van der Waals surface area contributed by atoms with Crippen LogP contribution in [0.3, 0.4) is 0 Å². The predicted molar refractivity (Wildman–Crippen MR) is 204 cm³/mol. The van der Waals surface area contributed by atoms with Crippen LogP contribution in [0.5, 0.6) is 0 Å². The molecular weight excluding hydrogens is 595 g/mol. The molecule has 0 saturated heterocycles. The van der Waals surface area contributed by atoms with Gasteiger partial charge < -0.3 is 4.57 Å². The van der Waals surface area contributed by atoms with E-state index in [1.807, 2.05) is 24.3 Å². The summed E-state index contributed by atoms with van der Waals surface area (Å²) in [6, 6.07) is 49.4. The molecule has 3 nitrogen and oxygen atoms in total. The van der Waals surface area contributed by atoms with E-state index in [-0.39, 0.29) is 10.8 Å². The van der Waals surface area contributed by atoms with Gasteiger partial charge in [0, 0.05) is 16.3 Å². The second kappa shape index (κ2) is 12.0. The molecule has 0 radical (unpaired) electrons. The van der Waals surface area contributed by atoms with Crippen LogP contribution in [0, 0.1) is 22.7 Å². The maximum absolute atomic E-state index is 9.95. The summed E-state index contributed by atoms with van der Waals surface area (Å²) < 4.78 is 2.43. The summed E-state index contributed by atoms with van der Waals surface area (Å²) in [6.45, 7) is 13.6. The van der Waals surface area contributed by atoms with Gasteiger partial charge in [0.05, 0.1) is 27.8 Å². The number of nitriles is 2. The summed E-state index contributed by atoms with van der Waals surface area (Å²) in [5.74, 6) is 0. The predicted octanol–water partition coefficient (Wildman–Crippen LogP) is 12.1. The van der Waals surface area contributed by atoms with Crippen LogP contribution < -0.4 is 0 Å². The summed E-state index contributed by atoms with van der Waals surface area (Å²) in [5, 5.41) is 22.1. The van der Waals surface area contributed by atoms with Crippen molar-refractivity contribution in [3.05, 3.63) is 150 Å². The highest BCUT2D eigenvalue weighted by molar-refractivity contribution is 6.11. The number of rotatable bonds is 4. The molecule has 0 aliphatic rings. The number of hydrogen-bond acceptors (Lipinski definition) is 2. The second-order valence-corrected chi connectivity index (χ2v) is 14.9. The van der Waals surface area contributed by atoms with Gasteiger partial charge in [0.2, 0.25) is 0 Å². The molecule has 238 valence electrons. The van der Waals surface area contributed by atoms with Crippen molar-refractivity contribution >= 4 is 21.8 Å². The maximum atomic E-state index is 9.95. The first-order valence-electron chi connectivity index (χ1n) is 16.8. The SMILES string of the molecule is CC(C)(C)c1ccc2c(c1)c1cc(C(C)(C)C)ccc1n2-c1cc(-c2ccccc2)c(-c2ccc(C#N)c(C#N)c2)cc1-c1ccccc1. The number of benzene rings is 6. The van der Waals surface area contributed by atoms with E-state index in [9.17, 15) is 10.5 Å². The van der Waals surface area contributed by atoms with E-state index in [2.05, 4.69) is 155 Å². The highest BCUT2D eigenvalue weighted by Crippen LogP contribution is 2.44. The van der Waals surface area contributed by atoms with E-state index < -0.39 is 0 Å². The molecule has 0 atom stereocenters. The van der Waals surface area contributed by atoms with Crippen molar-refractivity contribution in [1.82, 2.24) is 4.57 Å². The fraction of sp³-hybridized carbons (Fsp3) is 0.174. The van der Waals surface area contributed by atoms with Crippen LogP contribution in [-0.4, -0.2) is 4.57 Å². The number of nitrogens with zero attached hydrogens (tertiary/aromatic N) is 3. The van der Waals surface area contributed by atoms with Crippen LogP contribution in [0.2, 0.25) is 0 Å². The quantitative estimate of drug-likeness (QED) is 0.194. The van der Waals surface area contributed by atoms with E-state index in [1.54, 1.807) is 6.07 Å². The van der Waals surface area contributed by atoms with Gasteiger partial charge in [-0.1, -0.05) is 120 Å². The van der Waals surface area contributed by atoms with Crippen molar-refractivity contribution in [1.29, 1.82) is 10.5 Å². The van der Waals surface area contributed by atoms with Gasteiger partial charge in [-0.2, -0.15) is 10.5 Å². The first kappa shape index (κ1) is 31.7. The Hall–Kier alpha value is -5.90. The molecule has 7 aromatic rings. The van der Waals surface area contributed by atoms with Gasteiger partial charge in [-0.25, -0.2) is 0 Å². The smallest absolute Gasteiger partial charge is 0.101 e. The van der Waals surface area contributed by atoms with E-state index in [0.29, 0.717) is 11.1 Å². The van der Waals surface area contributed by atoms with Gasteiger partial charge in [-0.05, 0) is 98.3 Å². The Morgan fingerprint density at radius 3 is 1.43 bits per heavy atom. The summed E-state index contributed by atoms with van der Waals surface area (Å²) in [7, 11) is 0. The third-order valence-electron chi connectivity index (χ3n) is 9.61. The van der Waals surface area contributed by atoms with Crippen molar-refractivity contribution in [3.8, 4) is 51.2 Å². The number of fused-ring (bicyclic) bond motifs is 3. The van der Waals surface area contributed by atoms with Gasteiger partial charge in [0.15, 0.2) is 0 Å². The Labute approximate surface area is 289 Å². The van der Waals surface area contributed by atoms with Gasteiger partial charge >= 0.3 is 0 Å². The lowest BCUT2D eigenvalue weighted by molar-refractivity contribution is 0.590. The van der Waals surface area contributed by atoms with Crippen molar-refractivity contribution < 1.29 is 0 Å². The summed E-state index contributed by atoms with van der Waals surface area (Å²) in [5.41, 5.74) is 13.0. The Morgan fingerprint density at radius 2 is 0.939 bits per heavy atom. The molecule has 6 aromatic carbocycles. The van der Waals surface area contributed by atoms with Crippen LogP contribution in [0.1, 0.15) is 63.8 Å². The fourth-order valence-electron chi connectivity index (χ4n) is 6.84. The van der Waals surface area contributed by atoms with E-state index in [4.69, 9.17) is 0 Å². The van der Waals surface area contributed by atoms with Crippen molar-refractivity contribution in [2.45, 2.75) is 52.4 Å². The normalized spacial score (nSPS) is 11.8. The lowest BCUT2D eigenvalue weighted by atomic mass is 9.85. The van der Waals surface area contributed by atoms with Crippen LogP contribution >= 0.6 is 0 Å². The first-order valence-corrected chi connectivity index (χ1v) is 16.8. The summed E-state index contributed by atoms with van der Waals surface area (Å²) >= 11 is 0. The van der Waals surface area contributed by atoms with Crippen LogP contribution in [0.4, 0.5) is 0 Å². The van der Waals surface area contributed by atoms with Crippen molar-refractivity contribution in [3.63, 3.8) is 0 Å². The Morgan fingerprint density at radius 1 is 0.449 bits per heavy atom. The molecule has 0 saturated carbocycles. The lowest BCUT2D eigenvalue weighted by Crippen LogP contribution is -2.10. The van der Waals surface area contributed by atoms with Crippen LogP contribution in [0.25, 0.3) is 60.9 Å². The highest BCUT2D eigenvalue weighted by Gasteiger charge is 2.24. The molecule has 0 unspecified atom stereocenters. The molecule has 49 heavy (non-hydrogen) atoms. The lowest BCUT2D eigenvalue weighted by Gasteiger charge is -2.21. The monoisotopic (exact) mass is 633 g/mol. The topological polar surface area (TPSA) is 52.5 Å². The zero-order chi connectivity index (χ0) is 34.5. The first-order chi connectivity index (χ1) is 23.5. The molecule has 0 fully saturated rings. The Balaban J connectivity index is 1.64. The molecule has 0 spiro atoms. The minimum absolute atomic E-state index is 0.00491. The zero-order valence-electron chi connectivity index (χ0n) is 29.0. The minimum Gasteiger partial charge on any atom is -0.309 e. The molecule has 0 N–H and O–H groups in total. The Kier molecular flexibility index (Phi) is 7.74. The number of hydrogen-bond donors (Lipinski definition) is 0. The molecule has 0 bridgehead atoms. The average molecular weight is 634 g/mol. The van der Waals surface area contributed by atoms with Gasteiger partial charge in [0.1, 0.15) is 12.1 Å². The summed E-state index contributed by atoms with van der Waals surface area (Å²) in [4.78, 5) is 0. The van der Waals surface area contributed by atoms with Gasteiger partial charge in [0.25, 0.3) is 0 Å². The third kappa shape index (κ3) is 5.69. The van der Waals surface area contributed by atoms with E-state index in [0.717, 1.165) is 50.1 Å². The molecule has 3 heteroatoms. The largest absolute Gasteiger partial charge is 0.309 e. The van der Waals surface area contributed by atoms with Gasteiger partial charge in [-0.3, -0.25) is 0 Å². The number of aromatic nitrogens is 1. The molecule has 1 heterocycles. The highest BCUT2D eigenvalue weighted by atomic mass is 15.0. The van der Waals surface area contributed by atoms with Crippen molar-refractivity contribution in [2.75, 3.05) is 0 Å². The third-order valence-corrected chi connectivity index (χ3v) is 9.61. The van der Waals surface area contributed by atoms with Crippen LogP contribution in [-0.2, 0) is 10.8 Å². The second-order valence-electron chi connectivity index (χ2n) is 14.9. The molecule has 1 aromatic heterocycles.